The van der Waals surface area contributed by atoms with Crippen molar-refractivity contribution in [1.82, 2.24) is 15.2 Å². The van der Waals surface area contributed by atoms with E-state index in [1.54, 1.807) is 6.20 Å². The summed E-state index contributed by atoms with van der Waals surface area (Å²) in [4.78, 5) is 4.44. The lowest BCUT2D eigenvalue weighted by atomic mass is 10.2. The minimum Gasteiger partial charge on any atom is -0.339 e. The molecule has 23 heavy (non-hydrogen) atoms. The Morgan fingerprint density at radius 2 is 1.70 bits per heavy atom. The van der Waals surface area contributed by atoms with Crippen LogP contribution in [0.15, 0.2) is 48.7 Å². The van der Waals surface area contributed by atoms with E-state index in [2.05, 4.69) is 25.8 Å². The number of halogens is 1. The Balaban J connectivity index is 1.83. The van der Waals surface area contributed by atoms with Crippen LogP contribution in [0.2, 0.25) is 5.02 Å². The summed E-state index contributed by atoms with van der Waals surface area (Å²) in [6.07, 6.45) is 1.57. The summed E-state index contributed by atoms with van der Waals surface area (Å²) in [5.74, 6) is 1.03. The number of para-hydroxylation sites is 1. The van der Waals surface area contributed by atoms with Gasteiger partial charge in [0.05, 0.1) is 6.20 Å². The van der Waals surface area contributed by atoms with Gasteiger partial charge in [0.2, 0.25) is 5.95 Å². The first-order valence-electron chi connectivity index (χ1n) is 7.17. The molecule has 0 unspecified atom stereocenters. The zero-order valence-electron chi connectivity index (χ0n) is 12.8. The molecule has 6 heteroatoms. The number of anilines is 4. The molecule has 0 aliphatic heterocycles. The zero-order chi connectivity index (χ0) is 16.2. The van der Waals surface area contributed by atoms with E-state index in [-0.39, 0.29) is 0 Å². The average molecular weight is 326 g/mol. The molecule has 116 valence electrons. The molecule has 2 N–H and O–H groups in total. The maximum atomic E-state index is 6.04. The summed E-state index contributed by atoms with van der Waals surface area (Å²) in [6.45, 7) is 4.02. The van der Waals surface area contributed by atoms with Crippen molar-refractivity contribution in [1.29, 1.82) is 0 Å². The van der Waals surface area contributed by atoms with Gasteiger partial charge in [-0.3, -0.25) is 0 Å². The second-order valence-electron chi connectivity index (χ2n) is 5.19. The Morgan fingerprint density at radius 1 is 0.913 bits per heavy atom. The quantitative estimate of drug-likeness (QED) is 0.732. The van der Waals surface area contributed by atoms with Gasteiger partial charge in [0.15, 0.2) is 5.82 Å². The Morgan fingerprint density at radius 3 is 2.52 bits per heavy atom. The third kappa shape index (κ3) is 3.76. The van der Waals surface area contributed by atoms with E-state index in [0.29, 0.717) is 16.8 Å². The molecule has 0 amide bonds. The highest BCUT2D eigenvalue weighted by atomic mass is 35.5. The summed E-state index contributed by atoms with van der Waals surface area (Å²) in [5, 5.41) is 15.1. The van der Waals surface area contributed by atoms with Crippen LogP contribution in [0, 0.1) is 13.8 Å². The molecule has 0 radical (unpaired) electrons. The zero-order valence-corrected chi connectivity index (χ0v) is 13.6. The molecule has 0 fully saturated rings. The van der Waals surface area contributed by atoms with Crippen molar-refractivity contribution in [2.75, 3.05) is 10.6 Å². The molecule has 1 heterocycles. The highest BCUT2D eigenvalue weighted by Crippen LogP contribution is 2.24. The number of benzene rings is 2. The molecule has 0 saturated carbocycles. The van der Waals surface area contributed by atoms with Gasteiger partial charge < -0.3 is 10.6 Å². The first-order valence-corrected chi connectivity index (χ1v) is 7.55. The van der Waals surface area contributed by atoms with Gasteiger partial charge in [-0.15, -0.1) is 5.10 Å². The summed E-state index contributed by atoms with van der Waals surface area (Å²) in [7, 11) is 0. The van der Waals surface area contributed by atoms with Crippen molar-refractivity contribution in [2.24, 2.45) is 0 Å². The topological polar surface area (TPSA) is 62.7 Å². The van der Waals surface area contributed by atoms with E-state index in [9.17, 15) is 0 Å². The van der Waals surface area contributed by atoms with Gasteiger partial charge in [0.25, 0.3) is 0 Å². The molecule has 0 aliphatic rings. The largest absolute Gasteiger partial charge is 0.339 e. The van der Waals surface area contributed by atoms with E-state index >= 15 is 0 Å². The lowest BCUT2D eigenvalue weighted by Crippen LogP contribution is -2.03. The molecular formula is C17H16ClN5. The molecule has 0 bridgehead atoms. The lowest BCUT2D eigenvalue weighted by molar-refractivity contribution is 0.981. The Kier molecular flexibility index (Phi) is 4.39. The molecular weight excluding hydrogens is 310 g/mol. The maximum Gasteiger partial charge on any atom is 0.249 e. The normalized spacial score (nSPS) is 10.4. The van der Waals surface area contributed by atoms with Gasteiger partial charge in [0.1, 0.15) is 0 Å². The van der Waals surface area contributed by atoms with Crippen LogP contribution in [0.25, 0.3) is 0 Å². The predicted molar refractivity (Wildman–Crippen MR) is 93.8 cm³/mol. The van der Waals surface area contributed by atoms with E-state index < -0.39 is 0 Å². The molecule has 0 spiro atoms. The van der Waals surface area contributed by atoms with E-state index in [0.717, 1.165) is 22.5 Å². The summed E-state index contributed by atoms with van der Waals surface area (Å²) in [6, 6.07) is 13.6. The van der Waals surface area contributed by atoms with Crippen molar-refractivity contribution in [3.63, 3.8) is 0 Å². The number of hydrogen-bond acceptors (Lipinski definition) is 5. The molecule has 0 atom stereocenters. The SMILES string of the molecule is Cc1ccc(Cl)cc1Nc1cnnc(Nc2ccccc2C)n1. The van der Waals surface area contributed by atoms with E-state index in [4.69, 9.17) is 11.6 Å². The Hall–Kier alpha value is -2.66. The average Bonchev–Trinajstić information content (AvgIpc) is 2.54. The first kappa shape index (κ1) is 15.2. The van der Waals surface area contributed by atoms with Gasteiger partial charge in [-0.2, -0.15) is 10.1 Å². The smallest absolute Gasteiger partial charge is 0.249 e. The van der Waals surface area contributed by atoms with Crippen molar-refractivity contribution >= 4 is 34.7 Å². The minimum atomic E-state index is 0.434. The second kappa shape index (κ2) is 6.62. The highest BCUT2D eigenvalue weighted by Gasteiger charge is 2.05. The number of nitrogens with one attached hydrogen (secondary N) is 2. The summed E-state index contributed by atoms with van der Waals surface area (Å²) >= 11 is 6.04. The van der Waals surface area contributed by atoms with Crippen LogP contribution >= 0.6 is 11.6 Å². The number of hydrogen-bond donors (Lipinski definition) is 2. The first-order chi connectivity index (χ1) is 11.1. The predicted octanol–water partition coefficient (Wildman–Crippen LogP) is 4.63. The van der Waals surface area contributed by atoms with Gasteiger partial charge in [-0.1, -0.05) is 35.9 Å². The van der Waals surface area contributed by atoms with Crippen LogP contribution in [-0.2, 0) is 0 Å². The van der Waals surface area contributed by atoms with Crippen LogP contribution in [0.4, 0.5) is 23.1 Å². The fourth-order valence-corrected chi connectivity index (χ4v) is 2.29. The molecule has 0 aliphatic carbocycles. The maximum absolute atomic E-state index is 6.04. The fourth-order valence-electron chi connectivity index (χ4n) is 2.12. The molecule has 0 saturated heterocycles. The van der Waals surface area contributed by atoms with Crippen LogP contribution in [0.1, 0.15) is 11.1 Å². The monoisotopic (exact) mass is 325 g/mol. The third-order valence-electron chi connectivity index (χ3n) is 3.41. The molecule has 1 aromatic heterocycles. The Bertz CT molecular complexity index is 835. The third-order valence-corrected chi connectivity index (χ3v) is 3.65. The molecule has 2 aromatic carbocycles. The summed E-state index contributed by atoms with van der Waals surface area (Å²) < 4.78 is 0. The van der Waals surface area contributed by atoms with Crippen molar-refractivity contribution in [3.8, 4) is 0 Å². The minimum absolute atomic E-state index is 0.434. The van der Waals surface area contributed by atoms with Crippen LogP contribution < -0.4 is 10.6 Å². The van der Waals surface area contributed by atoms with Gasteiger partial charge in [-0.05, 0) is 43.2 Å². The van der Waals surface area contributed by atoms with Crippen molar-refractivity contribution in [2.45, 2.75) is 13.8 Å². The van der Waals surface area contributed by atoms with Crippen molar-refractivity contribution in [3.05, 3.63) is 64.8 Å². The number of rotatable bonds is 4. The summed E-state index contributed by atoms with van der Waals surface area (Å²) in [5.41, 5.74) is 4.02. The number of aryl methyl sites for hydroxylation is 2. The van der Waals surface area contributed by atoms with Crippen LogP contribution in [0.3, 0.4) is 0 Å². The lowest BCUT2D eigenvalue weighted by Gasteiger charge is -2.11. The fraction of sp³-hybridized carbons (Fsp3) is 0.118. The highest BCUT2D eigenvalue weighted by molar-refractivity contribution is 6.30. The van der Waals surface area contributed by atoms with E-state index in [1.165, 1.54) is 0 Å². The molecule has 3 aromatic rings. The standard InChI is InChI=1S/C17H16ClN5/c1-11-5-3-4-6-14(11)21-17-22-16(10-19-23-17)20-15-9-13(18)8-7-12(15)2/h3-10H,1-2H3,(H2,20,21,22,23). The van der Waals surface area contributed by atoms with Crippen LogP contribution in [-0.4, -0.2) is 15.2 Å². The van der Waals surface area contributed by atoms with Crippen molar-refractivity contribution < 1.29 is 0 Å². The van der Waals surface area contributed by atoms with Crippen LogP contribution in [0.5, 0.6) is 0 Å². The number of nitrogens with zero attached hydrogens (tertiary/aromatic N) is 3. The van der Waals surface area contributed by atoms with Gasteiger partial charge >= 0.3 is 0 Å². The van der Waals surface area contributed by atoms with Gasteiger partial charge in [-0.25, -0.2) is 0 Å². The molecule has 5 nitrogen and oxygen atoms in total. The Labute approximate surface area is 139 Å². The van der Waals surface area contributed by atoms with Gasteiger partial charge in [0, 0.05) is 16.4 Å². The van der Waals surface area contributed by atoms with E-state index in [1.807, 2.05) is 56.3 Å². The molecule has 3 rings (SSSR count). The second-order valence-corrected chi connectivity index (χ2v) is 5.63. The number of aromatic nitrogens is 3.